The Hall–Kier alpha value is -1.60. The van der Waals surface area contributed by atoms with Crippen LogP contribution in [0.15, 0.2) is 47.4 Å². The molecular weight excluding hydrogens is 422 g/mol. The highest BCUT2D eigenvalue weighted by Gasteiger charge is 2.22. The molecule has 0 aliphatic rings. The number of fused-ring (bicyclic) bond motifs is 1. The average molecular weight is 450 g/mol. The van der Waals surface area contributed by atoms with Gasteiger partial charge in [-0.05, 0) is 56.6 Å². The molecule has 0 saturated carbocycles. The van der Waals surface area contributed by atoms with Gasteiger partial charge in [-0.1, -0.05) is 42.9 Å². The fourth-order valence-electron chi connectivity index (χ4n) is 3.13. The largest absolute Gasteiger partial charge is 0.302 e. The molecule has 0 bridgehead atoms. The molecule has 0 atom stereocenters. The van der Waals surface area contributed by atoms with Crippen molar-refractivity contribution in [2.75, 3.05) is 37.3 Å². The average Bonchev–Trinajstić information content (AvgIpc) is 3.13. The number of carbonyl (C=O) groups excluding carboxylic acids is 1. The third-order valence-corrected chi connectivity index (χ3v) is 6.63. The minimum atomic E-state index is 0. The Bertz CT molecular complexity index is 956. The Morgan fingerprint density at radius 3 is 2.52 bits per heavy atom. The summed E-state index contributed by atoms with van der Waals surface area (Å²) in [5, 5.41) is 0.770. The van der Waals surface area contributed by atoms with Crippen LogP contribution < -0.4 is 4.90 Å². The number of anilines is 1. The summed E-state index contributed by atoms with van der Waals surface area (Å²) in [5.41, 5.74) is 2.75. The number of carbonyl (C=O) groups is 1. The van der Waals surface area contributed by atoms with Crippen LogP contribution in [0.2, 0.25) is 0 Å². The third kappa shape index (κ3) is 5.72. The second-order valence-corrected chi connectivity index (χ2v) is 8.57. The number of thiazole rings is 1. The van der Waals surface area contributed by atoms with Crippen molar-refractivity contribution in [3.8, 4) is 0 Å². The van der Waals surface area contributed by atoms with Crippen LogP contribution in [0.25, 0.3) is 10.2 Å². The first kappa shape index (κ1) is 23.7. The van der Waals surface area contributed by atoms with Gasteiger partial charge in [0.15, 0.2) is 5.13 Å². The number of aromatic nitrogens is 1. The lowest BCUT2D eigenvalue weighted by molar-refractivity contribution is 0.0983. The predicted molar refractivity (Wildman–Crippen MR) is 129 cm³/mol. The van der Waals surface area contributed by atoms with Crippen molar-refractivity contribution in [2.24, 2.45) is 0 Å². The topological polar surface area (TPSA) is 36.4 Å². The van der Waals surface area contributed by atoms with E-state index in [-0.39, 0.29) is 18.3 Å². The number of amides is 1. The zero-order valence-corrected chi connectivity index (χ0v) is 19.8. The molecule has 0 N–H and O–H groups in total. The number of hydrogen-bond donors (Lipinski definition) is 0. The molecule has 3 aromatic rings. The van der Waals surface area contributed by atoms with E-state index in [0.29, 0.717) is 12.1 Å². The first-order valence-corrected chi connectivity index (χ1v) is 11.6. The van der Waals surface area contributed by atoms with Crippen LogP contribution in [-0.4, -0.2) is 48.2 Å². The van der Waals surface area contributed by atoms with Crippen molar-refractivity contribution in [1.82, 2.24) is 9.88 Å². The fraction of sp³-hybridized carbons (Fsp3) is 0.364. The van der Waals surface area contributed by atoms with Gasteiger partial charge in [-0.15, -0.1) is 24.2 Å². The molecule has 156 valence electrons. The van der Waals surface area contributed by atoms with E-state index in [1.165, 1.54) is 4.90 Å². The fourth-order valence-corrected chi connectivity index (χ4v) is 4.68. The maximum absolute atomic E-state index is 13.4. The first-order valence-electron chi connectivity index (χ1n) is 9.61. The molecule has 7 heteroatoms. The van der Waals surface area contributed by atoms with Gasteiger partial charge < -0.3 is 4.90 Å². The van der Waals surface area contributed by atoms with Crippen LogP contribution >= 0.6 is 35.5 Å². The molecule has 0 fully saturated rings. The number of nitrogens with zero attached hydrogens (tertiary/aromatic N) is 3. The highest BCUT2D eigenvalue weighted by Crippen LogP contribution is 2.32. The molecule has 0 aliphatic heterocycles. The maximum atomic E-state index is 13.4. The minimum Gasteiger partial charge on any atom is -0.302 e. The second-order valence-electron chi connectivity index (χ2n) is 6.68. The van der Waals surface area contributed by atoms with Gasteiger partial charge in [0.05, 0.1) is 10.2 Å². The summed E-state index contributed by atoms with van der Waals surface area (Å²) < 4.78 is 1.12. The predicted octanol–water partition coefficient (Wildman–Crippen LogP) is 5.74. The number of hydrogen-bond acceptors (Lipinski definition) is 5. The maximum Gasteiger partial charge on any atom is 0.260 e. The molecule has 29 heavy (non-hydrogen) atoms. The SMILES string of the molecule is CCN(CC)CCN(C(=O)c1cccc(C)c1)c1nc2ccc(SC)cc2s1.Cl. The number of likely N-dealkylation sites (N-methyl/N-ethyl adjacent to an activating group) is 1. The number of rotatable bonds is 8. The van der Waals surface area contributed by atoms with Gasteiger partial charge in [0, 0.05) is 23.5 Å². The van der Waals surface area contributed by atoms with Gasteiger partial charge in [-0.25, -0.2) is 4.98 Å². The Labute approximate surface area is 187 Å². The van der Waals surface area contributed by atoms with Crippen molar-refractivity contribution in [1.29, 1.82) is 0 Å². The zero-order chi connectivity index (χ0) is 20.1. The van der Waals surface area contributed by atoms with Gasteiger partial charge in [0.2, 0.25) is 0 Å². The van der Waals surface area contributed by atoms with E-state index in [9.17, 15) is 4.79 Å². The summed E-state index contributed by atoms with van der Waals surface area (Å²) in [6.45, 7) is 9.72. The molecule has 4 nitrogen and oxygen atoms in total. The first-order chi connectivity index (χ1) is 13.5. The van der Waals surface area contributed by atoms with E-state index in [2.05, 4.69) is 37.1 Å². The quantitative estimate of drug-likeness (QED) is 0.411. The van der Waals surface area contributed by atoms with Gasteiger partial charge in [0.25, 0.3) is 5.91 Å². The Morgan fingerprint density at radius 1 is 1.10 bits per heavy atom. The van der Waals surface area contributed by atoms with E-state index < -0.39 is 0 Å². The van der Waals surface area contributed by atoms with Crippen LogP contribution in [0.5, 0.6) is 0 Å². The van der Waals surface area contributed by atoms with E-state index >= 15 is 0 Å². The summed E-state index contributed by atoms with van der Waals surface area (Å²) in [5.74, 6) is 0.0139. The Kier molecular flexibility index (Phi) is 8.96. The summed E-state index contributed by atoms with van der Waals surface area (Å²) in [6, 6.07) is 14.1. The van der Waals surface area contributed by atoms with Gasteiger partial charge >= 0.3 is 0 Å². The molecule has 0 radical (unpaired) electrons. The lowest BCUT2D eigenvalue weighted by atomic mass is 10.1. The highest BCUT2D eigenvalue weighted by molar-refractivity contribution is 7.98. The number of benzene rings is 2. The number of halogens is 1. The van der Waals surface area contributed by atoms with E-state index in [1.54, 1.807) is 23.1 Å². The van der Waals surface area contributed by atoms with Gasteiger partial charge in [-0.3, -0.25) is 9.69 Å². The Balaban J connectivity index is 0.00000300. The van der Waals surface area contributed by atoms with Crippen molar-refractivity contribution in [2.45, 2.75) is 25.7 Å². The summed E-state index contributed by atoms with van der Waals surface area (Å²) in [7, 11) is 0. The molecule has 0 saturated heterocycles. The van der Waals surface area contributed by atoms with Crippen LogP contribution in [-0.2, 0) is 0 Å². The normalized spacial score (nSPS) is 10.9. The summed E-state index contributed by atoms with van der Waals surface area (Å²) in [4.78, 5) is 23.5. The highest BCUT2D eigenvalue weighted by atomic mass is 35.5. The van der Waals surface area contributed by atoms with E-state index in [0.717, 1.165) is 40.5 Å². The molecule has 0 aliphatic carbocycles. The van der Waals surface area contributed by atoms with Crippen LogP contribution in [0, 0.1) is 6.92 Å². The monoisotopic (exact) mass is 449 g/mol. The lowest BCUT2D eigenvalue weighted by Crippen LogP contribution is -2.38. The molecule has 1 amide bonds. The summed E-state index contributed by atoms with van der Waals surface area (Å²) in [6.07, 6.45) is 2.07. The molecule has 3 rings (SSSR count). The number of aryl methyl sites for hydroxylation is 1. The molecule has 1 heterocycles. The van der Waals surface area contributed by atoms with Gasteiger partial charge in [-0.2, -0.15) is 0 Å². The molecule has 1 aromatic heterocycles. The molecule has 0 unspecified atom stereocenters. The molecule has 2 aromatic carbocycles. The smallest absolute Gasteiger partial charge is 0.260 e. The molecule has 0 spiro atoms. The van der Waals surface area contributed by atoms with Crippen molar-refractivity contribution >= 4 is 56.8 Å². The molecular formula is C22H28ClN3OS2. The van der Waals surface area contributed by atoms with Crippen molar-refractivity contribution < 1.29 is 4.79 Å². The summed E-state index contributed by atoms with van der Waals surface area (Å²) >= 11 is 3.31. The number of thioether (sulfide) groups is 1. The van der Waals surface area contributed by atoms with Crippen LogP contribution in [0.3, 0.4) is 0 Å². The van der Waals surface area contributed by atoms with Crippen molar-refractivity contribution in [3.05, 3.63) is 53.6 Å². The Morgan fingerprint density at radius 2 is 1.86 bits per heavy atom. The van der Waals surface area contributed by atoms with Crippen LogP contribution in [0.4, 0.5) is 5.13 Å². The zero-order valence-electron chi connectivity index (χ0n) is 17.3. The minimum absolute atomic E-state index is 0. The standard InChI is InChI=1S/C22H27N3OS2.ClH/c1-5-24(6-2)12-13-25(21(26)17-9-7-8-16(3)14-17)22-23-19-11-10-18(27-4)15-20(19)28-22;/h7-11,14-15H,5-6,12-13H2,1-4H3;1H. The van der Waals surface area contributed by atoms with E-state index in [4.69, 9.17) is 4.98 Å². The van der Waals surface area contributed by atoms with Crippen LogP contribution in [0.1, 0.15) is 29.8 Å². The van der Waals surface area contributed by atoms with E-state index in [1.807, 2.05) is 42.2 Å². The third-order valence-electron chi connectivity index (χ3n) is 4.86. The van der Waals surface area contributed by atoms with Gasteiger partial charge in [0.1, 0.15) is 0 Å². The second kappa shape index (κ2) is 11.0. The lowest BCUT2D eigenvalue weighted by Gasteiger charge is -2.24. The van der Waals surface area contributed by atoms with Crippen molar-refractivity contribution in [3.63, 3.8) is 0 Å².